The van der Waals surface area contributed by atoms with Crippen molar-refractivity contribution in [1.82, 2.24) is 0 Å². The summed E-state index contributed by atoms with van der Waals surface area (Å²) in [5.74, 6) is 1.05. The molecule has 29 heavy (non-hydrogen) atoms. The van der Waals surface area contributed by atoms with Crippen molar-refractivity contribution < 1.29 is 9.53 Å². The molecule has 0 aliphatic rings. The van der Waals surface area contributed by atoms with Gasteiger partial charge in [0.25, 0.3) is 0 Å². The van der Waals surface area contributed by atoms with Crippen LogP contribution >= 0.6 is 0 Å². The fraction of sp³-hybridized carbons (Fsp3) is 0. The molecule has 4 rings (SSSR count). The summed E-state index contributed by atoms with van der Waals surface area (Å²) in [6, 6.07) is 29.7. The molecule has 0 fully saturated rings. The summed E-state index contributed by atoms with van der Waals surface area (Å²) in [7, 11) is 0. The predicted octanol–water partition coefficient (Wildman–Crippen LogP) is 5.54. The number of anilines is 2. The smallest absolute Gasteiger partial charge is 0.193 e. The Morgan fingerprint density at radius 1 is 0.655 bits per heavy atom. The van der Waals surface area contributed by atoms with Gasteiger partial charge in [-0.15, -0.1) is 0 Å². The van der Waals surface area contributed by atoms with E-state index in [4.69, 9.17) is 16.2 Å². The number of carbonyl (C=O) groups is 1. The number of hydrogen-bond acceptors (Lipinski definition) is 4. The summed E-state index contributed by atoms with van der Waals surface area (Å²) >= 11 is 0. The molecular formula is C25H20N2O2. The summed E-state index contributed by atoms with van der Waals surface area (Å²) in [6.45, 7) is 0. The minimum Gasteiger partial charge on any atom is -0.455 e. The lowest BCUT2D eigenvalue weighted by molar-refractivity contribution is 0.103. The van der Waals surface area contributed by atoms with Gasteiger partial charge in [-0.1, -0.05) is 60.7 Å². The van der Waals surface area contributed by atoms with E-state index in [0.29, 0.717) is 34.0 Å². The third-order valence-electron chi connectivity index (χ3n) is 4.61. The molecule has 4 nitrogen and oxygen atoms in total. The van der Waals surface area contributed by atoms with E-state index in [1.165, 1.54) is 0 Å². The van der Waals surface area contributed by atoms with Gasteiger partial charge in [-0.3, -0.25) is 4.79 Å². The van der Waals surface area contributed by atoms with E-state index < -0.39 is 0 Å². The molecule has 142 valence electrons. The maximum absolute atomic E-state index is 12.7. The predicted molar refractivity (Wildman–Crippen MR) is 117 cm³/mol. The molecule has 0 aliphatic heterocycles. The molecule has 0 heterocycles. The number of hydrogen-bond donors (Lipinski definition) is 2. The van der Waals surface area contributed by atoms with Crippen LogP contribution in [0.2, 0.25) is 0 Å². The minimum atomic E-state index is -0.139. The van der Waals surface area contributed by atoms with Gasteiger partial charge >= 0.3 is 0 Å². The van der Waals surface area contributed by atoms with E-state index in [1.54, 1.807) is 42.5 Å². The first-order valence-electron chi connectivity index (χ1n) is 9.24. The van der Waals surface area contributed by atoms with Crippen molar-refractivity contribution in [3.8, 4) is 22.6 Å². The van der Waals surface area contributed by atoms with Crippen LogP contribution in [-0.2, 0) is 0 Å². The molecule has 0 saturated heterocycles. The highest BCUT2D eigenvalue weighted by molar-refractivity contribution is 6.10. The zero-order chi connectivity index (χ0) is 20.2. The van der Waals surface area contributed by atoms with Crippen molar-refractivity contribution >= 4 is 17.2 Å². The Balaban J connectivity index is 1.63. The minimum absolute atomic E-state index is 0.139. The van der Waals surface area contributed by atoms with Crippen molar-refractivity contribution in [2.45, 2.75) is 0 Å². The van der Waals surface area contributed by atoms with Crippen LogP contribution in [0.15, 0.2) is 97.1 Å². The molecular weight excluding hydrogens is 360 g/mol. The van der Waals surface area contributed by atoms with Gasteiger partial charge in [-0.2, -0.15) is 0 Å². The topological polar surface area (TPSA) is 78.3 Å². The summed E-state index contributed by atoms with van der Waals surface area (Å²) in [5.41, 5.74) is 15.9. The largest absolute Gasteiger partial charge is 0.455 e. The number of nitrogens with two attached hydrogens (primary N) is 2. The average molecular weight is 380 g/mol. The van der Waals surface area contributed by atoms with Crippen molar-refractivity contribution in [2.75, 3.05) is 11.5 Å². The summed E-state index contributed by atoms with van der Waals surface area (Å²) < 4.78 is 6.10. The van der Waals surface area contributed by atoms with Crippen LogP contribution in [0.3, 0.4) is 0 Å². The highest BCUT2D eigenvalue weighted by Gasteiger charge is 2.13. The van der Waals surface area contributed by atoms with Crippen LogP contribution < -0.4 is 16.2 Å². The second kappa shape index (κ2) is 7.90. The van der Waals surface area contributed by atoms with Gasteiger partial charge in [0, 0.05) is 22.4 Å². The Bertz CT molecular complexity index is 1170. The molecule has 4 N–H and O–H groups in total. The fourth-order valence-corrected chi connectivity index (χ4v) is 3.16. The van der Waals surface area contributed by atoms with Gasteiger partial charge in [-0.25, -0.2) is 0 Å². The second-order valence-electron chi connectivity index (χ2n) is 6.67. The molecule has 0 unspecified atom stereocenters. The van der Waals surface area contributed by atoms with Gasteiger partial charge in [0.1, 0.15) is 11.5 Å². The first-order chi connectivity index (χ1) is 14.1. The Kier molecular flexibility index (Phi) is 4.99. The van der Waals surface area contributed by atoms with Gasteiger partial charge in [-0.05, 0) is 42.0 Å². The Hall–Kier alpha value is -4.05. The first-order valence-corrected chi connectivity index (χ1v) is 9.24. The highest BCUT2D eigenvalue weighted by atomic mass is 16.5. The van der Waals surface area contributed by atoms with Gasteiger partial charge in [0.2, 0.25) is 0 Å². The van der Waals surface area contributed by atoms with Crippen LogP contribution in [0.1, 0.15) is 15.9 Å². The maximum atomic E-state index is 12.7. The van der Waals surface area contributed by atoms with Crippen molar-refractivity contribution in [2.24, 2.45) is 0 Å². The van der Waals surface area contributed by atoms with Gasteiger partial charge in [0.05, 0.1) is 5.69 Å². The molecule has 4 aromatic rings. The molecule has 0 saturated carbocycles. The first kappa shape index (κ1) is 18.3. The molecule has 0 atom stereocenters. The van der Waals surface area contributed by atoms with E-state index in [9.17, 15) is 4.79 Å². The Morgan fingerprint density at radius 2 is 1.38 bits per heavy atom. The fourth-order valence-electron chi connectivity index (χ4n) is 3.16. The van der Waals surface area contributed by atoms with E-state index in [-0.39, 0.29) is 5.78 Å². The molecule has 4 aromatic carbocycles. The zero-order valence-corrected chi connectivity index (χ0v) is 15.7. The SMILES string of the molecule is Nc1cccc(C(=O)c2ccc(Oc3ccccc3-c3ccccc3)c(N)c2)c1. The van der Waals surface area contributed by atoms with Gasteiger partial charge in [0.15, 0.2) is 5.78 Å². The lowest BCUT2D eigenvalue weighted by atomic mass is 10.0. The summed E-state index contributed by atoms with van der Waals surface area (Å²) in [4.78, 5) is 12.7. The molecule has 0 aliphatic carbocycles. The van der Waals surface area contributed by atoms with Crippen LogP contribution in [0.5, 0.6) is 11.5 Å². The van der Waals surface area contributed by atoms with Crippen LogP contribution in [-0.4, -0.2) is 5.78 Å². The number of benzene rings is 4. The molecule has 0 aromatic heterocycles. The van der Waals surface area contributed by atoms with E-state index in [0.717, 1.165) is 11.1 Å². The lowest BCUT2D eigenvalue weighted by Gasteiger charge is -2.13. The number of ketones is 1. The highest BCUT2D eigenvalue weighted by Crippen LogP contribution is 2.35. The Labute approximate surface area is 169 Å². The number of ether oxygens (including phenoxy) is 1. The molecule has 4 heteroatoms. The lowest BCUT2D eigenvalue weighted by Crippen LogP contribution is -2.03. The van der Waals surface area contributed by atoms with E-state index in [2.05, 4.69) is 0 Å². The van der Waals surface area contributed by atoms with Gasteiger partial charge < -0.3 is 16.2 Å². The Morgan fingerprint density at radius 3 is 2.14 bits per heavy atom. The molecule has 0 amide bonds. The van der Waals surface area contributed by atoms with E-state index >= 15 is 0 Å². The number of para-hydroxylation sites is 1. The van der Waals surface area contributed by atoms with Crippen molar-refractivity contribution in [1.29, 1.82) is 0 Å². The standard InChI is InChI=1S/C25H20N2O2/c26-20-10-6-9-18(15-20)25(28)19-13-14-24(22(27)16-19)29-23-12-5-4-11-21(23)17-7-2-1-3-8-17/h1-16H,26-27H2. The van der Waals surface area contributed by atoms with Crippen LogP contribution in [0, 0.1) is 0 Å². The molecule has 0 radical (unpaired) electrons. The third kappa shape index (κ3) is 3.96. The second-order valence-corrected chi connectivity index (χ2v) is 6.67. The van der Waals surface area contributed by atoms with Crippen molar-refractivity contribution in [3.63, 3.8) is 0 Å². The average Bonchev–Trinajstić information content (AvgIpc) is 2.75. The normalized spacial score (nSPS) is 10.5. The zero-order valence-electron chi connectivity index (χ0n) is 15.7. The third-order valence-corrected chi connectivity index (χ3v) is 4.61. The summed E-state index contributed by atoms with van der Waals surface area (Å²) in [6.07, 6.45) is 0. The quantitative estimate of drug-likeness (QED) is 0.352. The van der Waals surface area contributed by atoms with E-state index in [1.807, 2.05) is 54.6 Å². The maximum Gasteiger partial charge on any atom is 0.193 e. The summed E-state index contributed by atoms with van der Waals surface area (Å²) in [5, 5.41) is 0. The van der Waals surface area contributed by atoms with Crippen LogP contribution in [0.25, 0.3) is 11.1 Å². The number of carbonyl (C=O) groups excluding carboxylic acids is 1. The van der Waals surface area contributed by atoms with Crippen molar-refractivity contribution in [3.05, 3.63) is 108 Å². The monoisotopic (exact) mass is 380 g/mol. The van der Waals surface area contributed by atoms with Crippen LogP contribution in [0.4, 0.5) is 11.4 Å². The number of nitrogen functional groups attached to an aromatic ring is 2. The number of rotatable bonds is 5. The molecule has 0 bridgehead atoms. The molecule has 0 spiro atoms.